The number of nitriles is 1. The highest BCUT2D eigenvalue weighted by molar-refractivity contribution is 7.80. The summed E-state index contributed by atoms with van der Waals surface area (Å²) in [4.78, 5) is 20.6. The molecule has 1 amide bonds. The first-order chi connectivity index (χ1) is 16.4. The van der Waals surface area contributed by atoms with E-state index in [-0.39, 0.29) is 10.8 Å². The molecule has 190 valence electrons. The summed E-state index contributed by atoms with van der Waals surface area (Å²) in [5, 5.41) is 13.2. The molecule has 0 bridgehead atoms. The Morgan fingerprint density at radius 2 is 1.86 bits per heavy atom. The number of nitrogens with one attached hydrogen (secondary N) is 1. The van der Waals surface area contributed by atoms with E-state index < -0.39 is 28.7 Å². The second-order valence-electron chi connectivity index (χ2n) is 8.99. The third-order valence-corrected chi connectivity index (χ3v) is 7.16. The Labute approximate surface area is 214 Å². The van der Waals surface area contributed by atoms with Crippen LogP contribution in [0, 0.1) is 11.3 Å². The van der Waals surface area contributed by atoms with Crippen LogP contribution in [0.15, 0.2) is 18.2 Å². The highest BCUT2D eigenvalue weighted by atomic mass is 32.1. The summed E-state index contributed by atoms with van der Waals surface area (Å²) in [6, 6.07) is 4.78. The van der Waals surface area contributed by atoms with Crippen molar-refractivity contribution in [3.8, 4) is 6.07 Å². The van der Waals surface area contributed by atoms with Crippen LogP contribution in [0.4, 0.5) is 18.9 Å². The van der Waals surface area contributed by atoms with Crippen LogP contribution in [-0.2, 0) is 11.0 Å². The van der Waals surface area contributed by atoms with Crippen molar-refractivity contribution in [3.63, 3.8) is 0 Å². The van der Waals surface area contributed by atoms with Gasteiger partial charge >= 0.3 is 6.18 Å². The third kappa shape index (κ3) is 5.68. The number of piperazine rings is 1. The lowest BCUT2D eigenvalue weighted by molar-refractivity contribution is -0.137. The molecular formula is C23H29F3N6OS2. The number of hydrogen-bond acceptors (Lipinski definition) is 5. The van der Waals surface area contributed by atoms with Gasteiger partial charge in [-0.25, -0.2) is 0 Å². The fourth-order valence-electron chi connectivity index (χ4n) is 4.33. The predicted octanol–water partition coefficient (Wildman–Crippen LogP) is 3.19. The molecule has 1 N–H and O–H groups in total. The number of thiocarbonyl (C=S) groups is 2. The van der Waals surface area contributed by atoms with Gasteiger partial charge in [0.25, 0.3) is 5.91 Å². The lowest BCUT2D eigenvalue weighted by Gasteiger charge is -2.37. The third-order valence-electron chi connectivity index (χ3n) is 6.35. The van der Waals surface area contributed by atoms with Crippen molar-refractivity contribution in [1.29, 1.82) is 5.26 Å². The molecule has 0 aromatic heterocycles. The van der Waals surface area contributed by atoms with Crippen molar-refractivity contribution in [3.05, 3.63) is 29.3 Å². The van der Waals surface area contributed by atoms with Crippen LogP contribution < -0.4 is 10.2 Å². The van der Waals surface area contributed by atoms with Gasteiger partial charge < -0.3 is 15.1 Å². The Hall–Kier alpha value is -2.49. The molecule has 0 radical (unpaired) electrons. The van der Waals surface area contributed by atoms with Crippen LogP contribution in [0.5, 0.6) is 0 Å². The van der Waals surface area contributed by atoms with Crippen LogP contribution >= 0.6 is 24.4 Å². The van der Waals surface area contributed by atoms with Gasteiger partial charge in [0.15, 0.2) is 10.2 Å². The number of hydrogen-bond donors (Lipinski definition) is 1. The van der Waals surface area contributed by atoms with Gasteiger partial charge in [-0.1, -0.05) is 0 Å². The fraction of sp³-hybridized carbons (Fsp3) is 0.565. The van der Waals surface area contributed by atoms with E-state index in [4.69, 9.17) is 29.7 Å². The minimum absolute atomic E-state index is 0.00896. The molecule has 2 fully saturated rings. The zero-order chi connectivity index (χ0) is 26.0. The molecule has 0 saturated carbocycles. The summed E-state index contributed by atoms with van der Waals surface area (Å²) in [7, 11) is 0. The summed E-state index contributed by atoms with van der Waals surface area (Å²) in [5.74, 6) is -0.397. The molecular weight excluding hydrogens is 497 g/mol. The number of rotatable bonds is 6. The van der Waals surface area contributed by atoms with Crippen molar-refractivity contribution in [2.45, 2.75) is 38.9 Å². The van der Waals surface area contributed by atoms with E-state index in [1.54, 1.807) is 24.8 Å². The predicted molar refractivity (Wildman–Crippen MR) is 136 cm³/mol. The monoisotopic (exact) mass is 526 g/mol. The average Bonchev–Trinajstić information content (AvgIpc) is 2.97. The van der Waals surface area contributed by atoms with Crippen molar-refractivity contribution in [1.82, 2.24) is 20.0 Å². The number of anilines is 1. The summed E-state index contributed by atoms with van der Waals surface area (Å²) in [6.45, 7) is 11.0. The van der Waals surface area contributed by atoms with E-state index in [1.165, 1.54) is 6.07 Å². The molecule has 1 aromatic rings. The first-order valence-electron chi connectivity index (χ1n) is 11.4. The van der Waals surface area contributed by atoms with E-state index in [9.17, 15) is 18.0 Å². The Bertz CT molecular complexity index is 1030. The maximum atomic E-state index is 13.5. The molecule has 0 aliphatic carbocycles. The van der Waals surface area contributed by atoms with Crippen molar-refractivity contribution >= 4 is 46.3 Å². The van der Waals surface area contributed by atoms with Gasteiger partial charge in [0, 0.05) is 39.3 Å². The molecule has 7 nitrogen and oxygen atoms in total. The number of carbonyl (C=O) groups is 1. The average molecular weight is 527 g/mol. The minimum Gasteiger partial charge on any atom is -0.363 e. The van der Waals surface area contributed by atoms with Gasteiger partial charge in [-0.15, -0.1) is 0 Å². The zero-order valence-electron chi connectivity index (χ0n) is 20.0. The topological polar surface area (TPSA) is 65.8 Å². The summed E-state index contributed by atoms with van der Waals surface area (Å²) in [6.07, 6.45) is -3.98. The van der Waals surface area contributed by atoms with E-state index >= 15 is 0 Å². The second kappa shape index (κ2) is 10.6. The van der Waals surface area contributed by atoms with Gasteiger partial charge in [-0.3, -0.25) is 14.6 Å². The van der Waals surface area contributed by atoms with Crippen molar-refractivity contribution < 1.29 is 18.0 Å². The van der Waals surface area contributed by atoms with Gasteiger partial charge in [0.05, 0.1) is 22.9 Å². The van der Waals surface area contributed by atoms with Gasteiger partial charge in [0.2, 0.25) is 0 Å². The molecule has 2 heterocycles. The van der Waals surface area contributed by atoms with Crippen LogP contribution in [0.1, 0.15) is 38.3 Å². The molecule has 0 atom stereocenters. The Morgan fingerprint density at radius 3 is 2.43 bits per heavy atom. The first-order valence-corrected chi connectivity index (χ1v) is 12.3. The smallest absolute Gasteiger partial charge is 0.363 e. The molecule has 1 aromatic carbocycles. The Kier molecular flexibility index (Phi) is 8.24. The highest BCUT2D eigenvalue weighted by Gasteiger charge is 2.49. The summed E-state index contributed by atoms with van der Waals surface area (Å²) in [5.41, 5.74) is -2.58. The molecule has 35 heavy (non-hydrogen) atoms. The number of halogens is 3. The lowest BCUT2D eigenvalue weighted by Crippen LogP contribution is -2.52. The second-order valence-corrected chi connectivity index (χ2v) is 9.74. The lowest BCUT2D eigenvalue weighted by atomic mass is 10.0. The summed E-state index contributed by atoms with van der Waals surface area (Å²) < 4.78 is 40.4. The summed E-state index contributed by atoms with van der Waals surface area (Å²) >= 11 is 10.9. The van der Waals surface area contributed by atoms with Crippen LogP contribution in [0.3, 0.4) is 0 Å². The van der Waals surface area contributed by atoms with E-state index in [0.717, 1.165) is 67.8 Å². The van der Waals surface area contributed by atoms with E-state index in [2.05, 4.69) is 15.1 Å². The number of alkyl halides is 3. The Morgan fingerprint density at radius 1 is 1.20 bits per heavy atom. The molecule has 12 heteroatoms. The van der Waals surface area contributed by atoms with Gasteiger partial charge in [-0.2, -0.15) is 18.4 Å². The maximum Gasteiger partial charge on any atom is 0.417 e. The van der Waals surface area contributed by atoms with Crippen molar-refractivity contribution in [2.75, 3.05) is 50.7 Å². The minimum atomic E-state index is -4.72. The molecule has 3 rings (SSSR count). The van der Waals surface area contributed by atoms with Crippen LogP contribution in [0.25, 0.3) is 0 Å². The maximum absolute atomic E-state index is 13.5. The van der Waals surface area contributed by atoms with Gasteiger partial charge in [-0.05, 0) is 76.4 Å². The molecule has 2 saturated heterocycles. The van der Waals surface area contributed by atoms with E-state index in [0.29, 0.717) is 6.54 Å². The quantitative estimate of drug-likeness (QED) is 0.567. The SMILES string of the molecule is CCNC(=S)N1CCN(CCCN2C(=S)N(c3ccc(C#N)c(C(F)(F)F)c3)C(=O)C2(C)C)CC1. The number of carbonyl (C=O) groups excluding carboxylic acids is 1. The number of amides is 1. The standard InChI is InChI=1S/C23H29F3N6OS2/c1-4-28-20(34)30-12-10-29(11-13-30)8-5-9-31-21(35)32(19(33)22(31,2)3)17-7-6-16(15-27)18(14-17)23(24,25)26/h6-7,14H,4-5,8-13H2,1-3H3,(H,28,34). The first kappa shape index (κ1) is 27.1. The normalized spacial score (nSPS) is 18.7. The number of nitrogens with zero attached hydrogens (tertiary/aromatic N) is 5. The highest BCUT2D eigenvalue weighted by Crippen LogP contribution is 2.37. The fourth-order valence-corrected chi connectivity index (χ4v) is 5.17. The molecule has 2 aliphatic rings. The van der Waals surface area contributed by atoms with E-state index in [1.807, 2.05) is 6.92 Å². The molecule has 0 spiro atoms. The van der Waals surface area contributed by atoms with Crippen molar-refractivity contribution in [2.24, 2.45) is 0 Å². The zero-order valence-corrected chi connectivity index (χ0v) is 21.6. The number of benzene rings is 1. The Balaban J connectivity index is 1.66. The molecule has 0 unspecified atom stereocenters. The van der Waals surface area contributed by atoms with Gasteiger partial charge in [0.1, 0.15) is 5.54 Å². The molecule has 2 aliphatic heterocycles. The van der Waals surface area contributed by atoms with Crippen LogP contribution in [-0.4, -0.2) is 82.2 Å². The van der Waals surface area contributed by atoms with Crippen LogP contribution in [0.2, 0.25) is 0 Å². The largest absolute Gasteiger partial charge is 0.417 e.